The minimum absolute atomic E-state index is 0.0267. The molecule has 0 aliphatic heterocycles. The number of aryl methyl sites for hydroxylation is 1. The van der Waals surface area contributed by atoms with E-state index < -0.39 is 11.9 Å². The van der Waals surface area contributed by atoms with Crippen LogP contribution in [0.5, 0.6) is 0 Å². The summed E-state index contributed by atoms with van der Waals surface area (Å²) in [5, 5.41) is 12.6. The number of aromatic nitrogens is 1. The first-order chi connectivity index (χ1) is 12.0. The molecular weight excluding hydrogens is 338 g/mol. The van der Waals surface area contributed by atoms with Crippen molar-refractivity contribution in [2.75, 3.05) is 11.1 Å². The Hall–Kier alpha value is -2.93. The molecule has 4 N–H and O–H groups in total. The predicted octanol–water partition coefficient (Wildman–Crippen LogP) is 3.78. The topological polar surface area (TPSA) is 105 Å². The molecule has 128 valence electrons. The highest BCUT2D eigenvalue weighted by Gasteiger charge is 2.19. The highest BCUT2D eigenvalue weighted by molar-refractivity contribution is 7.21. The molecule has 0 aliphatic carbocycles. The van der Waals surface area contributed by atoms with Gasteiger partial charge in [-0.15, -0.1) is 11.3 Å². The number of fused-ring (bicyclic) bond motifs is 1. The maximum Gasteiger partial charge on any atom is 0.337 e. The lowest BCUT2D eigenvalue weighted by Gasteiger charge is -2.07. The zero-order valence-electron chi connectivity index (χ0n) is 13.6. The first-order valence-corrected chi connectivity index (χ1v) is 8.64. The molecule has 2 heterocycles. The Morgan fingerprint density at radius 1 is 1.24 bits per heavy atom. The number of carbonyl (C=O) groups is 2. The van der Waals surface area contributed by atoms with Crippen molar-refractivity contribution in [1.29, 1.82) is 0 Å². The largest absolute Gasteiger partial charge is 0.478 e. The molecule has 3 rings (SSSR count). The molecule has 1 amide bonds. The lowest BCUT2D eigenvalue weighted by Crippen LogP contribution is -2.14. The average molecular weight is 355 g/mol. The van der Waals surface area contributed by atoms with Crippen LogP contribution in [-0.2, 0) is 6.42 Å². The van der Waals surface area contributed by atoms with Gasteiger partial charge in [0.1, 0.15) is 9.71 Å². The van der Waals surface area contributed by atoms with Gasteiger partial charge >= 0.3 is 5.97 Å². The van der Waals surface area contributed by atoms with E-state index in [1.165, 1.54) is 17.4 Å². The molecule has 6 nitrogen and oxygen atoms in total. The quantitative estimate of drug-likeness (QED) is 0.646. The van der Waals surface area contributed by atoms with Gasteiger partial charge in [0.15, 0.2) is 0 Å². The van der Waals surface area contributed by atoms with Crippen LogP contribution in [0.25, 0.3) is 10.2 Å². The Labute approximate surface area is 148 Å². The SMILES string of the molecule is CCCc1ccc2c(N)c(C(=O)Nc3ccccc3C(=O)O)sc2n1. The maximum atomic E-state index is 12.6. The zero-order valence-corrected chi connectivity index (χ0v) is 14.4. The molecule has 0 unspecified atom stereocenters. The molecule has 0 aliphatic rings. The van der Waals surface area contributed by atoms with Crippen LogP contribution >= 0.6 is 11.3 Å². The number of thiophene rings is 1. The van der Waals surface area contributed by atoms with Crippen LogP contribution in [0.2, 0.25) is 0 Å². The van der Waals surface area contributed by atoms with Gasteiger partial charge in [-0.3, -0.25) is 4.79 Å². The third kappa shape index (κ3) is 3.32. The number of anilines is 2. The summed E-state index contributed by atoms with van der Waals surface area (Å²) in [4.78, 5) is 29.4. The molecule has 0 radical (unpaired) electrons. The molecular formula is C18H17N3O3S. The summed E-state index contributed by atoms with van der Waals surface area (Å²) in [5.74, 6) is -1.54. The van der Waals surface area contributed by atoms with Gasteiger partial charge in [0.2, 0.25) is 0 Å². The van der Waals surface area contributed by atoms with Gasteiger partial charge in [-0.25, -0.2) is 9.78 Å². The Kier molecular flexibility index (Phi) is 4.67. The highest BCUT2D eigenvalue weighted by atomic mass is 32.1. The number of carbonyl (C=O) groups excluding carboxylic acids is 1. The number of benzene rings is 1. The van der Waals surface area contributed by atoms with Gasteiger partial charge in [-0.05, 0) is 30.7 Å². The van der Waals surface area contributed by atoms with Crippen LogP contribution in [0, 0.1) is 0 Å². The van der Waals surface area contributed by atoms with E-state index in [-0.39, 0.29) is 11.3 Å². The van der Waals surface area contributed by atoms with Crippen molar-refractivity contribution in [3.8, 4) is 0 Å². The minimum atomic E-state index is -1.11. The number of nitrogen functional groups attached to an aromatic ring is 1. The van der Waals surface area contributed by atoms with Crippen molar-refractivity contribution in [2.24, 2.45) is 0 Å². The second kappa shape index (κ2) is 6.90. The van der Waals surface area contributed by atoms with Crippen LogP contribution < -0.4 is 11.1 Å². The normalized spacial score (nSPS) is 10.8. The summed E-state index contributed by atoms with van der Waals surface area (Å²) < 4.78 is 0. The third-order valence-electron chi connectivity index (χ3n) is 3.77. The Bertz CT molecular complexity index is 965. The number of hydrogen-bond acceptors (Lipinski definition) is 5. The van der Waals surface area contributed by atoms with Crippen molar-refractivity contribution < 1.29 is 14.7 Å². The van der Waals surface area contributed by atoms with E-state index in [9.17, 15) is 14.7 Å². The molecule has 0 spiro atoms. The zero-order chi connectivity index (χ0) is 18.0. The molecule has 0 fully saturated rings. The molecule has 2 aromatic heterocycles. The molecule has 7 heteroatoms. The summed E-state index contributed by atoms with van der Waals surface area (Å²) in [5.41, 5.74) is 7.69. The summed E-state index contributed by atoms with van der Waals surface area (Å²) in [6.07, 6.45) is 1.85. The van der Waals surface area contributed by atoms with Crippen molar-refractivity contribution in [3.05, 3.63) is 52.5 Å². The first-order valence-electron chi connectivity index (χ1n) is 7.82. The molecule has 0 bridgehead atoms. The summed E-state index contributed by atoms with van der Waals surface area (Å²) in [7, 11) is 0. The van der Waals surface area contributed by atoms with E-state index in [4.69, 9.17) is 5.73 Å². The fourth-order valence-electron chi connectivity index (χ4n) is 2.56. The number of carboxylic acids is 1. The van der Waals surface area contributed by atoms with E-state index >= 15 is 0 Å². The second-order valence-corrected chi connectivity index (χ2v) is 6.55. The van der Waals surface area contributed by atoms with Gasteiger partial charge in [0.05, 0.1) is 16.9 Å². The van der Waals surface area contributed by atoms with E-state index in [1.807, 2.05) is 12.1 Å². The van der Waals surface area contributed by atoms with Gasteiger partial charge in [0, 0.05) is 11.1 Å². The van der Waals surface area contributed by atoms with Crippen molar-refractivity contribution in [1.82, 2.24) is 4.98 Å². The van der Waals surface area contributed by atoms with E-state index in [0.29, 0.717) is 15.4 Å². The summed E-state index contributed by atoms with van der Waals surface area (Å²) in [6, 6.07) is 10.0. The van der Waals surface area contributed by atoms with E-state index in [1.54, 1.807) is 18.2 Å². The number of carboxylic acid groups (broad SMARTS) is 1. The lowest BCUT2D eigenvalue weighted by atomic mass is 10.1. The van der Waals surface area contributed by atoms with E-state index in [0.717, 1.165) is 23.9 Å². The number of rotatable bonds is 5. The summed E-state index contributed by atoms with van der Waals surface area (Å²) >= 11 is 1.21. The Balaban J connectivity index is 1.95. The van der Waals surface area contributed by atoms with Crippen LogP contribution in [0.4, 0.5) is 11.4 Å². The van der Waals surface area contributed by atoms with E-state index in [2.05, 4.69) is 17.2 Å². The molecule has 0 saturated heterocycles. The van der Waals surface area contributed by atoms with Crippen molar-refractivity contribution >= 4 is 44.8 Å². The molecule has 0 saturated carbocycles. The number of amides is 1. The first kappa shape index (κ1) is 16.9. The molecule has 25 heavy (non-hydrogen) atoms. The second-order valence-electron chi connectivity index (χ2n) is 5.56. The van der Waals surface area contributed by atoms with Gasteiger partial charge in [-0.1, -0.05) is 25.5 Å². The molecule has 1 aromatic carbocycles. The third-order valence-corrected chi connectivity index (χ3v) is 4.88. The van der Waals surface area contributed by atoms with Crippen LogP contribution in [0.1, 0.15) is 39.1 Å². The van der Waals surface area contributed by atoms with Crippen molar-refractivity contribution in [2.45, 2.75) is 19.8 Å². The number of para-hydroxylation sites is 1. The Morgan fingerprint density at radius 3 is 2.72 bits per heavy atom. The highest BCUT2D eigenvalue weighted by Crippen LogP contribution is 2.33. The predicted molar refractivity (Wildman–Crippen MR) is 99.4 cm³/mol. The minimum Gasteiger partial charge on any atom is -0.478 e. The standard InChI is InChI=1S/C18H17N3O3S/c1-2-5-10-8-9-12-14(19)15(25-17(12)20-10)16(22)21-13-7-4-3-6-11(13)18(23)24/h3-4,6-9H,2,5,19H2,1H3,(H,21,22)(H,23,24). The van der Waals surface area contributed by atoms with Gasteiger partial charge in [-0.2, -0.15) is 0 Å². The van der Waals surface area contributed by atoms with Gasteiger partial charge < -0.3 is 16.2 Å². The van der Waals surface area contributed by atoms with Crippen molar-refractivity contribution in [3.63, 3.8) is 0 Å². The van der Waals surface area contributed by atoms with Crippen LogP contribution in [0.15, 0.2) is 36.4 Å². The fraction of sp³-hybridized carbons (Fsp3) is 0.167. The fourth-order valence-corrected chi connectivity index (χ4v) is 3.57. The average Bonchev–Trinajstić information content (AvgIpc) is 2.92. The maximum absolute atomic E-state index is 12.6. The lowest BCUT2D eigenvalue weighted by molar-refractivity contribution is 0.0698. The number of hydrogen-bond donors (Lipinski definition) is 3. The van der Waals surface area contributed by atoms with Crippen LogP contribution in [0.3, 0.4) is 0 Å². The number of nitrogens with zero attached hydrogens (tertiary/aromatic N) is 1. The molecule has 3 aromatic rings. The number of pyridine rings is 1. The Morgan fingerprint density at radius 2 is 2.00 bits per heavy atom. The number of aromatic carboxylic acids is 1. The van der Waals surface area contributed by atoms with Crippen LogP contribution in [-0.4, -0.2) is 22.0 Å². The number of nitrogens with one attached hydrogen (secondary N) is 1. The smallest absolute Gasteiger partial charge is 0.337 e. The van der Waals surface area contributed by atoms with Gasteiger partial charge in [0.25, 0.3) is 5.91 Å². The summed E-state index contributed by atoms with van der Waals surface area (Å²) in [6.45, 7) is 2.08. The number of nitrogens with two attached hydrogens (primary N) is 1. The molecule has 0 atom stereocenters. The monoisotopic (exact) mass is 355 g/mol.